The minimum Gasteiger partial charge on any atom is -0.364 e. The van der Waals surface area contributed by atoms with Crippen LogP contribution in [0.2, 0.25) is 0 Å². The fourth-order valence-corrected chi connectivity index (χ4v) is 5.52. The molecule has 3 heterocycles. The standard InChI is InChI=1S/C16H21N3O3S2/c1-12-6-9-19(10-7-12)24(21,22)15-5-4-14(23-15)16(20)18-11-13-3-2-8-17-13/h2-5,8,12,17H,6-7,9-11H2,1H3,(H,18,20). The average molecular weight is 367 g/mol. The second-order valence-corrected chi connectivity index (χ2v) is 9.33. The Morgan fingerprint density at radius 3 is 2.75 bits per heavy atom. The van der Waals surface area contributed by atoms with E-state index in [1.807, 2.05) is 12.1 Å². The topological polar surface area (TPSA) is 82.3 Å². The molecule has 1 amide bonds. The van der Waals surface area contributed by atoms with Gasteiger partial charge in [0.1, 0.15) is 4.21 Å². The van der Waals surface area contributed by atoms with Crippen molar-refractivity contribution < 1.29 is 13.2 Å². The molecule has 0 radical (unpaired) electrons. The summed E-state index contributed by atoms with van der Waals surface area (Å²) in [6.07, 6.45) is 3.55. The largest absolute Gasteiger partial charge is 0.364 e. The Morgan fingerprint density at radius 2 is 2.08 bits per heavy atom. The first kappa shape index (κ1) is 17.2. The SMILES string of the molecule is CC1CCN(S(=O)(=O)c2ccc(C(=O)NCc3ccc[nH]3)s2)CC1. The van der Waals surface area contributed by atoms with Gasteiger partial charge in [-0.05, 0) is 43.0 Å². The van der Waals surface area contributed by atoms with Gasteiger partial charge in [-0.25, -0.2) is 8.42 Å². The monoisotopic (exact) mass is 367 g/mol. The zero-order valence-corrected chi connectivity index (χ0v) is 15.1. The molecule has 2 N–H and O–H groups in total. The molecule has 0 saturated carbocycles. The van der Waals surface area contributed by atoms with E-state index in [4.69, 9.17) is 0 Å². The summed E-state index contributed by atoms with van der Waals surface area (Å²) in [5, 5.41) is 2.78. The minimum atomic E-state index is -3.49. The lowest BCUT2D eigenvalue weighted by Crippen LogP contribution is -2.37. The van der Waals surface area contributed by atoms with Gasteiger partial charge in [0.2, 0.25) is 0 Å². The van der Waals surface area contributed by atoms with Gasteiger partial charge in [0.25, 0.3) is 15.9 Å². The van der Waals surface area contributed by atoms with E-state index in [9.17, 15) is 13.2 Å². The molecule has 2 aromatic rings. The van der Waals surface area contributed by atoms with Crippen LogP contribution in [-0.2, 0) is 16.6 Å². The molecule has 130 valence electrons. The zero-order valence-electron chi connectivity index (χ0n) is 13.5. The summed E-state index contributed by atoms with van der Waals surface area (Å²) >= 11 is 1.03. The van der Waals surface area contributed by atoms with E-state index in [1.165, 1.54) is 10.4 Å². The molecule has 0 bridgehead atoms. The molecule has 8 heteroatoms. The summed E-state index contributed by atoms with van der Waals surface area (Å²) < 4.78 is 27.1. The van der Waals surface area contributed by atoms with Gasteiger partial charge in [-0.1, -0.05) is 6.92 Å². The Hall–Kier alpha value is -1.64. The van der Waals surface area contributed by atoms with Crippen LogP contribution in [0.3, 0.4) is 0 Å². The predicted molar refractivity (Wildman–Crippen MR) is 93.4 cm³/mol. The van der Waals surface area contributed by atoms with Crippen LogP contribution in [0.5, 0.6) is 0 Å². The molecule has 0 spiro atoms. The van der Waals surface area contributed by atoms with E-state index < -0.39 is 10.0 Å². The van der Waals surface area contributed by atoms with Crippen LogP contribution >= 0.6 is 11.3 Å². The number of carbonyl (C=O) groups is 1. The fourth-order valence-electron chi connectivity index (χ4n) is 2.67. The number of sulfonamides is 1. The van der Waals surface area contributed by atoms with Gasteiger partial charge in [-0.3, -0.25) is 4.79 Å². The van der Waals surface area contributed by atoms with Crippen LogP contribution in [0.1, 0.15) is 35.1 Å². The van der Waals surface area contributed by atoms with Crippen LogP contribution in [-0.4, -0.2) is 36.7 Å². The molecule has 1 fully saturated rings. The number of piperidine rings is 1. The zero-order chi connectivity index (χ0) is 17.2. The number of hydrogen-bond donors (Lipinski definition) is 2. The molecule has 6 nitrogen and oxygen atoms in total. The molecule has 24 heavy (non-hydrogen) atoms. The normalized spacial score (nSPS) is 17.0. The van der Waals surface area contributed by atoms with Crippen molar-refractivity contribution in [3.05, 3.63) is 41.0 Å². The average Bonchev–Trinajstić information content (AvgIpc) is 3.25. The highest BCUT2D eigenvalue weighted by Crippen LogP contribution is 2.28. The van der Waals surface area contributed by atoms with Crippen LogP contribution in [0.15, 0.2) is 34.7 Å². The Labute approximate surface area is 145 Å². The predicted octanol–water partition coefficient (Wildman–Crippen LogP) is 2.43. The maximum atomic E-state index is 12.7. The first-order valence-electron chi connectivity index (χ1n) is 7.97. The summed E-state index contributed by atoms with van der Waals surface area (Å²) in [6.45, 7) is 3.63. The van der Waals surface area contributed by atoms with Crippen LogP contribution in [0.4, 0.5) is 0 Å². The maximum Gasteiger partial charge on any atom is 0.261 e. The molecule has 0 unspecified atom stereocenters. The Balaban J connectivity index is 1.66. The third kappa shape index (κ3) is 3.71. The molecule has 1 aliphatic rings. The van der Waals surface area contributed by atoms with Crippen molar-refractivity contribution in [2.75, 3.05) is 13.1 Å². The van der Waals surface area contributed by atoms with Gasteiger partial charge >= 0.3 is 0 Å². The Kier molecular flexibility index (Phi) is 5.07. The number of amides is 1. The number of carbonyl (C=O) groups excluding carboxylic acids is 1. The van der Waals surface area contributed by atoms with E-state index in [-0.39, 0.29) is 10.1 Å². The van der Waals surface area contributed by atoms with Gasteiger partial charge < -0.3 is 10.3 Å². The van der Waals surface area contributed by atoms with Crippen molar-refractivity contribution in [3.8, 4) is 0 Å². The first-order valence-corrected chi connectivity index (χ1v) is 10.2. The molecule has 1 saturated heterocycles. The van der Waals surface area contributed by atoms with Crippen LogP contribution < -0.4 is 5.32 Å². The number of hydrogen-bond acceptors (Lipinski definition) is 4. The lowest BCUT2D eigenvalue weighted by molar-refractivity contribution is 0.0954. The van der Waals surface area contributed by atoms with Crippen molar-refractivity contribution in [1.29, 1.82) is 0 Å². The van der Waals surface area contributed by atoms with Crippen LogP contribution in [0, 0.1) is 5.92 Å². The quantitative estimate of drug-likeness (QED) is 0.851. The molecule has 3 rings (SSSR count). The number of H-pyrrole nitrogens is 1. The summed E-state index contributed by atoms with van der Waals surface area (Å²) in [4.78, 5) is 15.6. The van der Waals surface area contributed by atoms with Gasteiger partial charge in [-0.15, -0.1) is 11.3 Å². The molecular weight excluding hydrogens is 346 g/mol. The second-order valence-electron chi connectivity index (χ2n) is 6.08. The maximum absolute atomic E-state index is 12.7. The number of aromatic nitrogens is 1. The Bertz CT molecular complexity index is 788. The first-order chi connectivity index (χ1) is 11.5. The van der Waals surface area contributed by atoms with E-state index in [2.05, 4.69) is 17.2 Å². The summed E-state index contributed by atoms with van der Waals surface area (Å²) in [5.74, 6) is 0.303. The van der Waals surface area contributed by atoms with Crippen molar-refractivity contribution in [1.82, 2.24) is 14.6 Å². The highest BCUT2D eigenvalue weighted by atomic mass is 32.2. The lowest BCUT2D eigenvalue weighted by Gasteiger charge is -2.28. The summed E-state index contributed by atoms with van der Waals surface area (Å²) in [7, 11) is -3.49. The highest BCUT2D eigenvalue weighted by molar-refractivity contribution is 7.91. The molecule has 0 aliphatic carbocycles. The van der Waals surface area contributed by atoms with Gasteiger partial charge in [-0.2, -0.15) is 4.31 Å². The Morgan fingerprint density at radius 1 is 1.33 bits per heavy atom. The number of thiophene rings is 1. The van der Waals surface area contributed by atoms with Crippen molar-refractivity contribution in [2.24, 2.45) is 5.92 Å². The van der Waals surface area contributed by atoms with Gasteiger partial charge in [0.05, 0.1) is 11.4 Å². The molecule has 0 aromatic carbocycles. The van der Waals surface area contributed by atoms with Crippen molar-refractivity contribution in [2.45, 2.75) is 30.5 Å². The molecule has 0 atom stereocenters. The van der Waals surface area contributed by atoms with E-state index in [0.717, 1.165) is 29.9 Å². The van der Waals surface area contributed by atoms with E-state index >= 15 is 0 Å². The highest BCUT2D eigenvalue weighted by Gasteiger charge is 2.29. The smallest absolute Gasteiger partial charge is 0.261 e. The van der Waals surface area contributed by atoms with E-state index in [0.29, 0.717) is 30.4 Å². The summed E-state index contributed by atoms with van der Waals surface area (Å²) in [6, 6.07) is 6.84. The third-order valence-electron chi connectivity index (χ3n) is 4.24. The number of aromatic amines is 1. The second kappa shape index (κ2) is 7.08. The van der Waals surface area contributed by atoms with Crippen LogP contribution in [0.25, 0.3) is 0 Å². The number of nitrogens with zero attached hydrogens (tertiary/aromatic N) is 1. The van der Waals surface area contributed by atoms with E-state index in [1.54, 1.807) is 12.3 Å². The fraction of sp³-hybridized carbons (Fsp3) is 0.438. The molecule has 2 aromatic heterocycles. The lowest BCUT2D eigenvalue weighted by atomic mass is 10.0. The molecular formula is C16H21N3O3S2. The number of rotatable bonds is 5. The number of nitrogens with one attached hydrogen (secondary N) is 2. The van der Waals surface area contributed by atoms with Crippen molar-refractivity contribution in [3.63, 3.8) is 0 Å². The van der Waals surface area contributed by atoms with Gasteiger partial charge in [0.15, 0.2) is 0 Å². The summed E-state index contributed by atoms with van der Waals surface area (Å²) in [5.41, 5.74) is 0.898. The van der Waals surface area contributed by atoms with Crippen molar-refractivity contribution >= 4 is 27.3 Å². The third-order valence-corrected chi connectivity index (χ3v) is 7.69. The minimum absolute atomic E-state index is 0.238. The van der Waals surface area contributed by atoms with Gasteiger partial charge in [0, 0.05) is 25.0 Å². The molecule has 1 aliphatic heterocycles.